The molecule has 0 N–H and O–H groups in total. The van der Waals surface area contributed by atoms with Crippen molar-refractivity contribution in [1.82, 2.24) is 19.9 Å². The van der Waals surface area contributed by atoms with Crippen molar-refractivity contribution in [1.29, 1.82) is 0 Å². The Balaban J connectivity index is 1.18. The minimum Gasteiger partial charge on any atom is -0.462 e. The number of benzene rings is 4. The Morgan fingerprint density at radius 1 is 0.820 bits per heavy atom. The summed E-state index contributed by atoms with van der Waals surface area (Å²) in [6.45, 7) is 13.2. The van der Waals surface area contributed by atoms with Crippen LogP contribution in [0.1, 0.15) is 94.1 Å². The van der Waals surface area contributed by atoms with Gasteiger partial charge >= 0.3 is 11.9 Å². The fourth-order valence-corrected chi connectivity index (χ4v) is 7.75. The van der Waals surface area contributed by atoms with Gasteiger partial charge in [-0.2, -0.15) is 0 Å². The summed E-state index contributed by atoms with van der Waals surface area (Å²) in [7, 11) is 3.97. The number of likely N-dealkylation sites (N-methyl/N-ethyl adjacent to an activating group) is 1. The van der Waals surface area contributed by atoms with Gasteiger partial charge in [-0.3, -0.25) is 19.3 Å². The van der Waals surface area contributed by atoms with Gasteiger partial charge in [-0.1, -0.05) is 75.9 Å². The zero-order chi connectivity index (χ0) is 43.9. The van der Waals surface area contributed by atoms with Gasteiger partial charge in [-0.15, -0.1) is 15.0 Å². The van der Waals surface area contributed by atoms with Crippen LogP contribution in [0.4, 0.5) is 5.69 Å². The fraction of sp³-hybridized carbons (Fsp3) is 0.400. The number of aromatic nitrogens is 3. The molecule has 2 unspecified atom stereocenters. The topological polar surface area (TPSA) is 124 Å². The number of carbonyl (C=O) groups is 4. The fourth-order valence-electron chi connectivity index (χ4n) is 7.75. The number of hydrogen-bond acceptors (Lipinski definition) is 10. The highest BCUT2D eigenvalue weighted by Gasteiger charge is 2.39. The second-order valence-electron chi connectivity index (χ2n) is 15.9. The van der Waals surface area contributed by atoms with Gasteiger partial charge in [0.2, 0.25) is 0 Å². The maximum absolute atomic E-state index is 14.1. The molecule has 0 aliphatic rings. The van der Waals surface area contributed by atoms with E-state index in [1.54, 1.807) is 25.1 Å². The second-order valence-corrected chi connectivity index (χ2v) is 15.9. The number of Topliss-reactive ketones (excluding diaryl/α,β-unsaturated/α-hetero) is 2. The molecule has 0 saturated carbocycles. The molecule has 1 heterocycles. The van der Waals surface area contributed by atoms with Crippen LogP contribution in [0.5, 0.6) is 5.75 Å². The first-order valence-corrected chi connectivity index (χ1v) is 21.5. The zero-order valence-electron chi connectivity index (χ0n) is 36.7. The highest BCUT2D eigenvalue weighted by atomic mass is 16.5. The minimum atomic E-state index is -0.655. The van der Waals surface area contributed by atoms with Crippen molar-refractivity contribution in [2.75, 3.05) is 38.7 Å². The van der Waals surface area contributed by atoms with E-state index in [0.717, 1.165) is 42.7 Å². The number of ketones is 2. The molecule has 0 fully saturated rings. The molecule has 5 rings (SSSR count). The van der Waals surface area contributed by atoms with E-state index in [9.17, 15) is 19.2 Å². The van der Waals surface area contributed by atoms with Crippen LogP contribution in [-0.4, -0.2) is 82.7 Å². The normalized spacial score (nSPS) is 12.8. The molecule has 61 heavy (non-hydrogen) atoms. The summed E-state index contributed by atoms with van der Waals surface area (Å²) in [4.78, 5) is 58.5. The Bertz CT molecular complexity index is 2230. The highest BCUT2D eigenvalue weighted by Crippen LogP contribution is 2.30. The predicted molar refractivity (Wildman–Crippen MR) is 241 cm³/mol. The number of ether oxygens (including phenoxy) is 2. The maximum atomic E-state index is 14.1. The molecule has 0 aliphatic carbocycles. The summed E-state index contributed by atoms with van der Waals surface area (Å²) in [5, 5.41) is 9.18. The van der Waals surface area contributed by atoms with E-state index in [-0.39, 0.29) is 42.7 Å². The standard InChI is InChI=1S/C50H61N5O6/c1-8-31-54(41-25-23-40(24-26-41)48(58)50(10-3,53(6)7)35-38-17-12-11-13-18-38)32-16-19-39(9-2)45(56)27-29-47(57)61-46-28-22-37(30-33-60-49(59)36(4)5)34-44(46)55-51-42-20-14-15-21-43(42)52-55/h11-15,17-18,20-26,28,34,39H,4,8-10,16,19,27,29-33,35H2,1-3,5-7H3. The van der Waals surface area contributed by atoms with Crippen LogP contribution >= 0.6 is 0 Å². The van der Waals surface area contributed by atoms with E-state index < -0.39 is 17.5 Å². The van der Waals surface area contributed by atoms with Crippen molar-refractivity contribution < 1.29 is 28.7 Å². The molecule has 0 spiro atoms. The lowest BCUT2D eigenvalue weighted by Crippen LogP contribution is -2.52. The largest absolute Gasteiger partial charge is 0.462 e. The quantitative estimate of drug-likeness (QED) is 0.0258. The van der Waals surface area contributed by atoms with Crippen molar-refractivity contribution in [3.63, 3.8) is 0 Å². The summed E-state index contributed by atoms with van der Waals surface area (Å²) in [5.41, 5.74) is 5.18. The number of hydrogen-bond donors (Lipinski definition) is 0. The summed E-state index contributed by atoms with van der Waals surface area (Å²) in [5.74, 6) is -0.747. The van der Waals surface area contributed by atoms with Gasteiger partial charge in [-0.05, 0) is 119 Å². The molecule has 5 aromatic rings. The van der Waals surface area contributed by atoms with Crippen LogP contribution in [0.2, 0.25) is 0 Å². The van der Waals surface area contributed by atoms with E-state index in [2.05, 4.69) is 52.6 Å². The Kier molecular flexibility index (Phi) is 16.7. The third kappa shape index (κ3) is 12.1. The number of carbonyl (C=O) groups excluding carboxylic acids is 4. The monoisotopic (exact) mass is 827 g/mol. The first-order chi connectivity index (χ1) is 29.4. The molecule has 322 valence electrons. The highest BCUT2D eigenvalue weighted by molar-refractivity contribution is 6.03. The van der Waals surface area contributed by atoms with E-state index in [1.165, 1.54) is 4.80 Å². The Morgan fingerprint density at radius 3 is 2.10 bits per heavy atom. The van der Waals surface area contributed by atoms with Crippen LogP contribution in [0.15, 0.2) is 109 Å². The van der Waals surface area contributed by atoms with Crippen LogP contribution in [0.3, 0.4) is 0 Å². The van der Waals surface area contributed by atoms with Gasteiger partial charge in [-0.25, -0.2) is 4.79 Å². The lowest BCUT2D eigenvalue weighted by Gasteiger charge is -2.38. The summed E-state index contributed by atoms with van der Waals surface area (Å²) < 4.78 is 11.1. The average Bonchev–Trinajstić information content (AvgIpc) is 3.71. The van der Waals surface area contributed by atoms with Crippen LogP contribution < -0.4 is 9.64 Å². The Labute approximate surface area is 360 Å². The minimum absolute atomic E-state index is 0.0417. The summed E-state index contributed by atoms with van der Waals surface area (Å²) in [6.07, 6.45) is 4.90. The molecule has 11 nitrogen and oxygen atoms in total. The molecular formula is C50H61N5O6. The van der Waals surface area contributed by atoms with Crippen molar-refractivity contribution in [2.24, 2.45) is 5.92 Å². The van der Waals surface area contributed by atoms with E-state index in [4.69, 9.17) is 9.47 Å². The number of esters is 2. The van der Waals surface area contributed by atoms with Crippen molar-refractivity contribution in [3.8, 4) is 11.4 Å². The van der Waals surface area contributed by atoms with Crippen molar-refractivity contribution in [2.45, 2.75) is 91.0 Å². The molecule has 0 bridgehead atoms. The molecule has 2 atom stereocenters. The van der Waals surface area contributed by atoms with Crippen LogP contribution in [0, 0.1) is 5.92 Å². The first kappa shape index (κ1) is 46.1. The molecule has 0 radical (unpaired) electrons. The molecule has 0 amide bonds. The van der Waals surface area contributed by atoms with E-state index in [1.807, 2.05) is 87.7 Å². The Hall–Kier alpha value is -5.94. The number of anilines is 1. The summed E-state index contributed by atoms with van der Waals surface area (Å²) >= 11 is 0. The van der Waals surface area contributed by atoms with E-state index in [0.29, 0.717) is 60.0 Å². The van der Waals surface area contributed by atoms with Gasteiger partial charge in [0.05, 0.1) is 18.6 Å². The predicted octanol–water partition coefficient (Wildman–Crippen LogP) is 9.20. The van der Waals surface area contributed by atoms with Crippen molar-refractivity contribution >= 4 is 40.2 Å². The van der Waals surface area contributed by atoms with Gasteiger partial charge in [0, 0.05) is 48.7 Å². The van der Waals surface area contributed by atoms with Crippen molar-refractivity contribution in [3.05, 3.63) is 126 Å². The molecule has 11 heteroatoms. The average molecular weight is 828 g/mol. The molecule has 0 saturated heterocycles. The number of rotatable bonds is 24. The lowest BCUT2D eigenvalue weighted by atomic mass is 9.80. The number of nitrogens with zero attached hydrogens (tertiary/aromatic N) is 5. The maximum Gasteiger partial charge on any atom is 0.333 e. The van der Waals surface area contributed by atoms with E-state index >= 15 is 0 Å². The smallest absolute Gasteiger partial charge is 0.333 e. The third-order valence-corrected chi connectivity index (χ3v) is 11.4. The van der Waals surface area contributed by atoms with Crippen LogP contribution in [0.25, 0.3) is 16.7 Å². The van der Waals surface area contributed by atoms with Crippen LogP contribution in [-0.2, 0) is 32.0 Å². The SMILES string of the molecule is C=C(C)C(=O)OCCc1ccc(OC(=O)CCC(=O)C(CC)CCCN(CCC)c2ccc(C(=O)C(CC)(Cc3ccccc3)N(C)C)cc2)c(-n2nc3ccccc3n2)c1. The van der Waals surface area contributed by atoms with Gasteiger partial charge < -0.3 is 14.4 Å². The zero-order valence-corrected chi connectivity index (χ0v) is 36.7. The molecule has 0 aliphatic heterocycles. The molecular weight excluding hydrogens is 767 g/mol. The van der Waals surface area contributed by atoms with Gasteiger partial charge in [0.25, 0.3) is 0 Å². The number of fused-ring (bicyclic) bond motifs is 1. The van der Waals surface area contributed by atoms with Gasteiger partial charge in [0.1, 0.15) is 22.5 Å². The Morgan fingerprint density at radius 2 is 1.49 bits per heavy atom. The third-order valence-electron chi connectivity index (χ3n) is 11.4. The van der Waals surface area contributed by atoms with Gasteiger partial charge in [0.15, 0.2) is 11.5 Å². The molecule has 1 aromatic heterocycles. The summed E-state index contributed by atoms with van der Waals surface area (Å²) in [6, 6.07) is 30.9. The lowest BCUT2D eigenvalue weighted by molar-refractivity contribution is -0.139. The first-order valence-electron chi connectivity index (χ1n) is 21.5. The molecule has 4 aromatic carbocycles. The second kappa shape index (κ2) is 22.1.